The number of alkyl halides is 12. The summed E-state index contributed by atoms with van der Waals surface area (Å²) < 4.78 is 145. The summed E-state index contributed by atoms with van der Waals surface area (Å²) in [4.78, 5) is 0. The summed E-state index contributed by atoms with van der Waals surface area (Å²) in [5.41, 5.74) is -12.1. The van der Waals surface area contributed by atoms with Crippen molar-refractivity contribution in [3.05, 3.63) is 0 Å². The Labute approximate surface area is 228 Å². The van der Waals surface area contributed by atoms with E-state index in [2.05, 4.69) is 0 Å². The van der Waals surface area contributed by atoms with Crippen molar-refractivity contribution >= 4 is 0 Å². The fraction of sp³-hybridized carbons (Fsp3) is 1.00. The summed E-state index contributed by atoms with van der Waals surface area (Å²) in [5, 5.41) is 62.0. The van der Waals surface area contributed by atoms with Crippen LogP contribution in [0.5, 0.6) is 0 Å². The standard InChI is InChI=1S/C9H14F6O3.C7H13F3O2.C6H11F3O2/c1-6(17,8(10,11)12)3-5(16)4-7(2,18)9(13,14)15;1-5(11)3-4-6(2,12)7(8,9)10;1-4(10)3-5(2,11)6(7,8)9/h5,16-18H,3-4H2,1-2H3;5,11-12H,3-4H2,1-2H3;4,10-11H,3H2,1-2H3. The van der Waals surface area contributed by atoms with E-state index < -0.39 is 91.1 Å². The molecule has 0 aromatic heterocycles. The molecule has 0 rings (SSSR count). The minimum Gasteiger partial charge on any atom is -0.393 e. The van der Waals surface area contributed by atoms with E-state index in [9.17, 15) is 52.7 Å². The van der Waals surface area contributed by atoms with Crippen LogP contribution in [0, 0.1) is 0 Å². The van der Waals surface area contributed by atoms with Crippen molar-refractivity contribution in [1.82, 2.24) is 0 Å². The third kappa shape index (κ3) is 16.9. The van der Waals surface area contributed by atoms with E-state index in [1.807, 2.05) is 0 Å². The lowest BCUT2D eigenvalue weighted by molar-refractivity contribution is -0.275. The Hall–Kier alpha value is -1.12. The van der Waals surface area contributed by atoms with Crippen LogP contribution in [0.15, 0.2) is 0 Å². The topological polar surface area (TPSA) is 142 Å². The Bertz CT molecular complexity index is 711. The average Bonchev–Trinajstić information content (AvgIpc) is 2.61. The fourth-order valence-corrected chi connectivity index (χ4v) is 2.54. The van der Waals surface area contributed by atoms with Gasteiger partial charge in [0, 0.05) is 19.3 Å². The minimum atomic E-state index is -5.09. The van der Waals surface area contributed by atoms with Crippen molar-refractivity contribution in [2.45, 2.75) is 139 Å². The van der Waals surface area contributed by atoms with Gasteiger partial charge in [0.15, 0.2) is 22.4 Å². The highest BCUT2D eigenvalue weighted by Crippen LogP contribution is 2.38. The number of hydrogen-bond donors (Lipinski definition) is 7. The van der Waals surface area contributed by atoms with Gasteiger partial charge in [-0.2, -0.15) is 52.7 Å². The zero-order valence-corrected chi connectivity index (χ0v) is 22.9. The van der Waals surface area contributed by atoms with Crippen molar-refractivity contribution < 1.29 is 88.4 Å². The van der Waals surface area contributed by atoms with Crippen LogP contribution in [0.4, 0.5) is 52.7 Å². The van der Waals surface area contributed by atoms with Crippen LogP contribution < -0.4 is 0 Å². The first kappa shape index (κ1) is 44.3. The van der Waals surface area contributed by atoms with E-state index in [4.69, 9.17) is 35.7 Å². The molecule has 252 valence electrons. The number of rotatable bonds is 9. The maximum Gasteiger partial charge on any atom is 0.416 e. The number of aliphatic hydroxyl groups is 7. The summed E-state index contributed by atoms with van der Waals surface area (Å²) in [5.74, 6) is 0. The summed E-state index contributed by atoms with van der Waals surface area (Å²) in [6.07, 6.45) is -27.6. The van der Waals surface area contributed by atoms with Gasteiger partial charge in [0.2, 0.25) is 0 Å². The number of aliphatic hydroxyl groups excluding tert-OH is 3. The normalized spacial score (nSPS) is 21.3. The summed E-state index contributed by atoms with van der Waals surface area (Å²) in [7, 11) is 0. The van der Waals surface area contributed by atoms with E-state index in [-0.39, 0.29) is 6.42 Å². The Morgan fingerprint density at radius 2 is 0.683 bits per heavy atom. The quantitative estimate of drug-likeness (QED) is 0.186. The highest BCUT2D eigenvalue weighted by molar-refractivity contribution is 4.90. The van der Waals surface area contributed by atoms with E-state index in [1.165, 1.54) is 13.8 Å². The van der Waals surface area contributed by atoms with Crippen LogP contribution in [0.25, 0.3) is 0 Å². The molecular weight excluding hydrogens is 604 g/mol. The molecule has 0 bridgehead atoms. The molecule has 0 fully saturated rings. The second kappa shape index (κ2) is 15.1. The molecule has 0 saturated heterocycles. The maximum atomic E-state index is 12.2. The Morgan fingerprint density at radius 1 is 0.439 bits per heavy atom. The lowest BCUT2D eigenvalue weighted by Crippen LogP contribution is -2.49. The van der Waals surface area contributed by atoms with E-state index in [0.29, 0.717) is 27.7 Å². The summed E-state index contributed by atoms with van der Waals surface area (Å²) in [6, 6.07) is 0. The fourth-order valence-electron chi connectivity index (χ4n) is 2.54. The van der Waals surface area contributed by atoms with Crippen LogP contribution in [-0.4, -0.2) is 101 Å². The van der Waals surface area contributed by atoms with Gasteiger partial charge in [-0.05, 0) is 54.4 Å². The lowest BCUT2D eigenvalue weighted by atomic mass is 9.90. The Balaban J connectivity index is -0.000000552. The molecule has 0 aliphatic heterocycles. The molecule has 19 heteroatoms. The Morgan fingerprint density at radius 3 is 0.854 bits per heavy atom. The van der Waals surface area contributed by atoms with Gasteiger partial charge < -0.3 is 35.7 Å². The van der Waals surface area contributed by atoms with E-state index in [0.717, 1.165) is 0 Å². The number of hydrogen-bond acceptors (Lipinski definition) is 7. The van der Waals surface area contributed by atoms with Gasteiger partial charge >= 0.3 is 24.7 Å². The first-order valence-electron chi connectivity index (χ1n) is 11.6. The monoisotopic (exact) mass is 642 g/mol. The molecule has 0 aromatic carbocycles. The van der Waals surface area contributed by atoms with Gasteiger partial charge in [-0.1, -0.05) is 0 Å². The molecule has 0 radical (unpaired) electrons. The van der Waals surface area contributed by atoms with Crippen molar-refractivity contribution in [3.63, 3.8) is 0 Å². The molecule has 6 atom stereocenters. The van der Waals surface area contributed by atoms with Gasteiger partial charge in [-0.15, -0.1) is 0 Å². The third-order valence-electron chi connectivity index (χ3n) is 5.45. The van der Waals surface area contributed by atoms with Crippen molar-refractivity contribution in [2.24, 2.45) is 0 Å². The average molecular weight is 643 g/mol. The van der Waals surface area contributed by atoms with Gasteiger partial charge in [-0.3, -0.25) is 0 Å². The Kier molecular flexibility index (Phi) is 16.3. The lowest BCUT2D eigenvalue weighted by Gasteiger charge is -2.32. The maximum absolute atomic E-state index is 12.2. The first-order valence-corrected chi connectivity index (χ1v) is 11.6. The molecular formula is C22H38F12O7. The van der Waals surface area contributed by atoms with Crippen LogP contribution in [0.3, 0.4) is 0 Å². The molecule has 0 heterocycles. The zero-order chi connectivity index (χ0) is 34.3. The van der Waals surface area contributed by atoms with Gasteiger partial charge in [0.25, 0.3) is 0 Å². The minimum absolute atomic E-state index is 0.0630. The van der Waals surface area contributed by atoms with E-state index >= 15 is 0 Å². The molecule has 0 saturated carbocycles. The second-order valence-corrected chi connectivity index (χ2v) is 10.6. The third-order valence-corrected chi connectivity index (χ3v) is 5.45. The number of halogens is 12. The van der Waals surface area contributed by atoms with Crippen LogP contribution in [0.1, 0.15) is 73.6 Å². The second-order valence-electron chi connectivity index (χ2n) is 10.6. The van der Waals surface area contributed by atoms with Crippen LogP contribution in [-0.2, 0) is 0 Å². The predicted octanol–water partition coefficient (Wildman–Crippen LogP) is 4.29. The molecule has 41 heavy (non-hydrogen) atoms. The smallest absolute Gasteiger partial charge is 0.393 e. The van der Waals surface area contributed by atoms with Gasteiger partial charge in [0.1, 0.15) is 0 Å². The van der Waals surface area contributed by atoms with Gasteiger partial charge in [-0.25, -0.2) is 0 Å². The predicted molar refractivity (Wildman–Crippen MR) is 119 cm³/mol. The first-order chi connectivity index (χ1) is 17.4. The zero-order valence-electron chi connectivity index (χ0n) is 22.9. The van der Waals surface area contributed by atoms with Crippen LogP contribution in [0.2, 0.25) is 0 Å². The van der Waals surface area contributed by atoms with Crippen molar-refractivity contribution in [1.29, 1.82) is 0 Å². The highest BCUT2D eigenvalue weighted by Gasteiger charge is 2.54. The van der Waals surface area contributed by atoms with E-state index in [1.54, 1.807) is 0 Å². The molecule has 0 aliphatic rings. The molecule has 6 unspecified atom stereocenters. The molecule has 0 amide bonds. The largest absolute Gasteiger partial charge is 0.416 e. The van der Waals surface area contributed by atoms with Crippen molar-refractivity contribution in [2.75, 3.05) is 0 Å². The molecule has 0 aromatic rings. The molecule has 0 spiro atoms. The van der Waals surface area contributed by atoms with Crippen molar-refractivity contribution in [3.8, 4) is 0 Å². The van der Waals surface area contributed by atoms with Crippen LogP contribution >= 0.6 is 0 Å². The highest BCUT2D eigenvalue weighted by atomic mass is 19.4. The molecule has 7 N–H and O–H groups in total. The molecule has 7 nitrogen and oxygen atoms in total. The molecule has 0 aliphatic carbocycles. The summed E-state index contributed by atoms with van der Waals surface area (Å²) >= 11 is 0. The SMILES string of the molecule is CC(O)(CC(O)CC(C)(O)C(F)(F)F)C(F)(F)F.CC(O)CC(C)(O)C(F)(F)F.CC(O)CCC(C)(O)C(F)(F)F. The summed E-state index contributed by atoms with van der Waals surface area (Å²) in [6.45, 7) is 4.58. The van der Waals surface area contributed by atoms with Gasteiger partial charge in [0.05, 0.1) is 18.3 Å².